The molecule has 0 spiro atoms. The molecule has 0 saturated carbocycles. The number of methoxy groups -OCH3 is 2. The van der Waals surface area contributed by atoms with Gasteiger partial charge in [0.1, 0.15) is 18.0 Å². The molecule has 8 heteroatoms. The van der Waals surface area contributed by atoms with Crippen molar-refractivity contribution in [2.24, 2.45) is 5.92 Å². The van der Waals surface area contributed by atoms with Gasteiger partial charge in [-0.25, -0.2) is 8.42 Å². The predicted octanol–water partition coefficient (Wildman–Crippen LogP) is 3.37. The highest BCUT2D eigenvalue weighted by atomic mass is 32.2. The lowest BCUT2D eigenvalue weighted by atomic mass is 10.1. The van der Waals surface area contributed by atoms with Crippen LogP contribution in [-0.2, 0) is 14.8 Å². The molecule has 2 rings (SSSR count). The SMILES string of the molecule is COc1ccc(OC)c(N(CC(=O)NC(C)C(C)C)S(=O)(=O)c2ccc(C)cc2)c1. The Balaban J connectivity index is 2.55. The summed E-state index contributed by atoms with van der Waals surface area (Å²) in [5.41, 5.74) is 1.16. The van der Waals surface area contributed by atoms with Crippen molar-refractivity contribution in [2.45, 2.75) is 38.6 Å². The second kappa shape index (κ2) is 9.84. The van der Waals surface area contributed by atoms with Crippen molar-refractivity contribution in [1.82, 2.24) is 5.32 Å². The van der Waals surface area contributed by atoms with Crippen molar-refractivity contribution in [3.8, 4) is 11.5 Å². The summed E-state index contributed by atoms with van der Waals surface area (Å²) in [5, 5.41) is 2.86. The average Bonchev–Trinajstić information content (AvgIpc) is 2.71. The second-order valence-electron chi connectivity index (χ2n) is 7.46. The van der Waals surface area contributed by atoms with E-state index in [-0.39, 0.29) is 22.5 Å². The third kappa shape index (κ3) is 5.44. The maximum absolute atomic E-state index is 13.5. The number of amides is 1. The number of hydrogen-bond acceptors (Lipinski definition) is 5. The molecule has 0 saturated heterocycles. The zero-order chi connectivity index (χ0) is 22.5. The van der Waals surface area contributed by atoms with E-state index < -0.39 is 22.5 Å². The van der Waals surface area contributed by atoms with Crippen molar-refractivity contribution >= 4 is 21.6 Å². The first-order valence-electron chi connectivity index (χ1n) is 9.71. The number of carbonyl (C=O) groups is 1. The molecule has 2 aromatic rings. The standard InChI is InChI=1S/C22H30N2O5S/c1-15(2)17(4)23-22(25)14-24(20-13-18(28-5)9-12-21(20)29-6)30(26,27)19-10-7-16(3)8-11-19/h7-13,15,17H,14H2,1-6H3,(H,23,25). The van der Waals surface area contributed by atoms with Gasteiger partial charge in [-0.15, -0.1) is 0 Å². The topological polar surface area (TPSA) is 84.9 Å². The van der Waals surface area contributed by atoms with E-state index in [1.807, 2.05) is 27.7 Å². The molecule has 0 aliphatic heterocycles. The molecular formula is C22H30N2O5S. The van der Waals surface area contributed by atoms with Crippen LogP contribution in [0, 0.1) is 12.8 Å². The average molecular weight is 435 g/mol. The van der Waals surface area contributed by atoms with Gasteiger partial charge in [0, 0.05) is 12.1 Å². The molecule has 1 atom stereocenters. The van der Waals surface area contributed by atoms with Crippen LogP contribution in [0.15, 0.2) is 47.4 Å². The minimum absolute atomic E-state index is 0.0858. The molecule has 0 aliphatic carbocycles. The number of ether oxygens (including phenoxy) is 2. The van der Waals surface area contributed by atoms with Gasteiger partial charge < -0.3 is 14.8 Å². The van der Waals surface area contributed by atoms with E-state index in [0.717, 1.165) is 9.87 Å². The van der Waals surface area contributed by atoms with Gasteiger partial charge in [0.05, 0.1) is 24.8 Å². The number of hydrogen-bond donors (Lipinski definition) is 1. The van der Waals surface area contributed by atoms with Crippen LogP contribution in [0.4, 0.5) is 5.69 Å². The van der Waals surface area contributed by atoms with Crippen LogP contribution >= 0.6 is 0 Å². The van der Waals surface area contributed by atoms with Crippen molar-refractivity contribution in [2.75, 3.05) is 25.1 Å². The van der Waals surface area contributed by atoms with Crippen LogP contribution in [0.25, 0.3) is 0 Å². The first-order valence-corrected chi connectivity index (χ1v) is 11.1. The molecule has 0 fully saturated rings. The van der Waals surface area contributed by atoms with Gasteiger partial charge in [0.25, 0.3) is 10.0 Å². The maximum atomic E-state index is 13.5. The lowest BCUT2D eigenvalue weighted by Crippen LogP contribution is -2.45. The first kappa shape index (κ1) is 23.5. The summed E-state index contributed by atoms with van der Waals surface area (Å²) in [7, 11) is -1.11. The summed E-state index contributed by atoms with van der Waals surface area (Å²) in [6.07, 6.45) is 0. The molecular weight excluding hydrogens is 404 g/mol. The largest absolute Gasteiger partial charge is 0.497 e. The van der Waals surface area contributed by atoms with Crippen LogP contribution in [0.1, 0.15) is 26.3 Å². The fourth-order valence-corrected chi connectivity index (χ4v) is 4.15. The van der Waals surface area contributed by atoms with Crippen molar-refractivity contribution in [3.05, 3.63) is 48.0 Å². The Kier molecular flexibility index (Phi) is 7.72. The Labute approximate surface area is 179 Å². The van der Waals surface area contributed by atoms with E-state index >= 15 is 0 Å². The molecule has 1 amide bonds. The number of rotatable bonds is 9. The molecule has 1 N–H and O–H groups in total. The second-order valence-corrected chi connectivity index (χ2v) is 9.33. The number of sulfonamides is 1. The van der Waals surface area contributed by atoms with Gasteiger partial charge >= 0.3 is 0 Å². The molecule has 2 aromatic carbocycles. The van der Waals surface area contributed by atoms with E-state index in [1.54, 1.807) is 30.3 Å². The molecule has 0 aliphatic rings. The van der Waals surface area contributed by atoms with E-state index in [9.17, 15) is 13.2 Å². The van der Waals surface area contributed by atoms with Gasteiger partial charge in [-0.1, -0.05) is 31.5 Å². The summed E-state index contributed by atoms with van der Waals surface area (Å²) in [4.78, 5) is 12.8. The number of nitrogens with one attached hydrogen (secondary N) is 1. The minimum atomic E-state index is -4.04. The number of carbonyl (C=O) groups excluding carboxylic acids is 1. The minimum Gasteiger partial charge on any atom is -0.497 e. The fourth-order valence-electron chi connectivity index (χ4n) is 2.73. The van der Waals surface area contributed by atoms with Crippen molar-refractivity contribution in [1.29, 1.82) is 0 Å². The number of benzene rings is 2. The summed E-state index contributed by atoms with van der Waals surface area (Å²) >= 11 is 0. The van der Waals surface area contributed by atoms with Crippen LogP contribution in [0.3, 0.4) is 0 Å². The van der Waals surface area contributed by atoms with Crippen LogP contribution < -0.4 is 19.1 Å². The maximum Gasteiger partial charge on any atom is 0.264 e. The quantitative estimate of drug-likeness (QED) is 0.654. The number of nitrogens with zero attached hydrogens (tertiary/aromatic N) is 1. The third-order valence-corrected chi connectivity index (χ3v) is 6.71. The van der Waals surface area contributed by atoms with Gasteiger partial charge in [0.2, 0.25) is 5.91 Å². The van der Waals surface area contributed by atoms with E-state index in [0.29, 0.717) is 11.5 Å². The Bertz CT molecular complexity index is 972. The lowest BCUT2D eigenvalue weighted by Gasteiger charge is -2.27. The van der Waals surface area contributed by atoms with Crippen LogP contribution in [0.2, 0.25) is 0 Å². The predicted molar refractivity (Wildman–Crippen MR) is 118 cm³/mol. The molecule has 0 bridgehead atoms. The van der Waals surface area contributed by atoms with E-state index in [2.05, 4.69) is 5.32 Å². The molecule has 1 unspecified atom stereocenters. The molecule has 164 valence electrons. The van der Waals surface area contributed by atoms with Crippen LogP contribution in [0.5, 0.6) is 11.5 Å². The van der Waals surface area contributed by atoms with Gasteiger partial charge in [-0.3, -0.25) is 9.10 Å². The number of anilines is 1. The first-order chi connectivity index (χ1) is 14.1. The normalized spacial score (nSPS) is 12.4. The fraction of sp³-hybridized carbons (Fsp3) is 0.409. The zero-order valence-electron chi connectivity index (χ0n) is 18.3. The van der Waals surface area contributed by atoms with Gasteiger partial charge in [-0.05, 0) is 44.0 Å². The Hall–Kier alpha value is -2.74. The highest BCUT2D eigenvalue weighted by Gasteiger charge is 2.30. The molecule has 0 aromatic heterocycles. The molecule has 30 heavy (non-hydrogen) atoms. The lowest BCUT2D eigenvalue weighted by molar-refractivity contribution is -0.120. The van der Waals surface area contributed by atoms with Crippen LogP contribution in [-0.4, -0.2) is 41.1 Å². The number of aryl methyl sites for hydroxylation is 1. The smallest absolute Gasteiger partial charge is 0.264 e. The van der Waals surface area contributed by atoms with Crippen molar-refractivity contribution in [3.63, 3.8) is 0 Å². The van der Waals surface area contributed by atoms with Gasteiger partial charge in [-0.2, -0.15) is 0 Å². The monoisotopic (exact) mass is 434 g/mol. The van der Waals surface area contributed by atoms with E-state index in [1.165, 1.54) is 26.4 Å². The summed E-state index contributed by atoms with van der Waals surface area (Å²) in [5.74, 6) is 0.571. The molecule has 0 heterocycles. The van der Waals surface area contributed by atoms with Crippen molar-refractivity contribution < 1.29 is 22.7 Å². The summed E-state index contributed by atoms with van der Waals surface area (Å²) < 4.78 is 38.7. The molecule has 7 nitrogen and oxygen atoms in total. The zero-order valence-corrected chi connectivity index (χ0v) is 19.1. The Morgan fingerprint density at radius 3 is 2.20 bits per heavy atom. The highest BCUT2D eigenvalue weighted by molar-refractivity contribution is 7.92. The van der Waals surface area contributed by atoms with Gasteiger partial charge in [0.15, 0.2) is 0 Å². The Morgan fingerprint density at radius 1 is 1.03 bits per heavy atom. The van der Waals surface area contributed by atoms with E-state index in [4.69, 9.17) is 9.47 Å². The summed E-state index contributed by atoms with van der Waals surface area (Å²) in [6, 6.07) is 11.2. The molecule has 0 radical (unpaired) electrons. The summed E-state index contributed by atoms with van der Waals surface area (Å²) in [6.45, 7) is 7.33. The highest BCUT2D eigenvalue weighted by Crippen LogP contribution is 2.35. The Morgan fingerprint density at radius 2 is 1.67 bits per heavy atom. The third-order valence-electron chi connectivity index (χ3n) is 4.94.